The molecule has 0 radical (unpaired) electrons. The quantitative estimate of drug-likeness (QED) is 0.623. The molecule has 0 fully saturated rings. The van der Waals surface area contributed by atoms with Gasteiger partial charge in [-0.15, -0.1) is 0 Å². The van der Waals surface area contributed by atoms with Crippen LogP contribution in [0, 0.1) is 5.82 Å². The van der Waals surface area contributed by atoms with Crippen molar-refractivity contribution in [3.05, 3.63) is 34.6 Å². The zero-order valence-corrected chi connectivity index (χ0v) is 9.13. The zero-order valence-electron chi connectivity index (χ0n) is 5.40. The first-order valence-corrected chi connectivity index (χ1v) is 5.45. The van der Waals surface area contributed by atoms with Crippen molar-refractivity contribution in [2.75, 3.05) is 0 Å². The van der Waals surface area contributed by atoms with Gasteiger partial charge in [0.1, 0.15) is 0 Å². The summed E-state index contributed by atoms with van der Waals surface area (Å²) in [6.07, 6.45) is 0. The van der Waals surface area contributed by atoms with Crippen molar-refractivity contribution in [1.29, 1.82) is 0 Å². The van der Waals surface area contributed by atoms with E-state index in [0.29, 0.717) is 10.6 Å². The van der Waals surface area contributed by atoms with Gasteiger partial charge in [0.2, 0.25) is 0 Å². The minimum absolute atomic E-state index is 0.182. The molecule has 0 heterocycles. The first-order valence-electron chi connectivity index (χ1n) is 2.98. The molecule has 0 aliphatic heterocycles. The molecule has 0 aliphatic carbocycles. The Kier molecular flexibility index (Phi) is 2.82. The van der Waals surface area contributed by atoms with Gasteiger partial charge < -0.3 is 0 Å². The molecule has 0 bridgehead atoms. The Bertz CT molecular complexity index is 217. The van der Waals surface area contributed by atoms with Gasteiger partial charge in [-0.05, 0) is 0 Å². The summed E-state index contributed by atoms with van der Waals surface area (Å²) in [5.41, 5.74) is 0.657. The molecule has 0 unspecified atom stereocenters. The predicted octanol–water partition coefficient (Wildman–Crippen LogP) is 2.53. The van der Waals surface area contributed by atoms with Gasteiger partial charge in [-0.25, -0.2) is 0 Å². The van der Waals surface area contributed by atoms with Gasteiger partial charge in [-0.1, -0.05) is 0 Å². The van der Waals surface area contributed by atoms with Crippen LogP contribution in [0.1, 0.15) is 5.56 Å². The van der Waals surface area contributed by atoms with E-state index in [1.54, 1.807) is 12.1 Å². The van der Waals surface area contributed by atoms with Crippen LogP contribution < -0.4 is 0 Å². The van der Waals surface area contributed by atoms with E-state index in [0.717, 1.165) is 23.3 Å². The number of hydrogen-bond acceptors (Lipinski definition) is 0. The maximum absolute atomic E-state index is 12.8. The fourth-order valence-corrected chi connectivity index (χ4v) is 2.43. The molecular weight excluding hydrogens is 204 g/mol. The molecule has 1 aromatic carbocycles. The van der Waals surface area contributed by atoms with E-state index in [2.05, 4.69) is 0 Å². The molecule has 3 heteroatoms. The van der Waals surface area contributed by atoms with Crippen LogP contribution in [0.3, 0.4) is 0 Å². The van der Waals surface area contributed by atoms with Crippen LogP contribution in [0.2, 0.25) is 5.02 Å². The third-order valence-electron chi connectivity index (χ3n) is 1.31. The topological polar surface area (TPSA) is 0 Å². The van der Waals surface area contributed by atoms with Gasteiger partial charge >= 0.3 is 73.9 Å². The Balaban J connectivity index is 3.17. The summed E-state index contributed by atoms with van der Waals surface area (Å²) in [7, 11) is 0. The second kappa shape index (κ2) is 3.45. The summed E-state index contributed by atoms with van der Waals surface area (Å²) in [5, 5.41) is 1.32. The molecule has 0 aliphatic rings. The van der Waals surface area contributed by atoms with Crippen molar-refractivity contribution < 1.29 is 22.7 Å². The van der Waals surface area contributed by atoms with E-state index in [4.69, 9.17) is 11.6 Å². The maximum atomic E-state index is 12.8. The Morgan fingerprint density at radius 1 is 1.50 bits per heavy atom. The van der Waals surface area contributed by atoms with Gasteiger partial charge in [-0.3, -0.25) is 0 Å². The second-order valence-electron chi connectivity index (χ2n) is 1.95. The van der Waals surface area contributed by atoms with Crippen LogP contribution in [0.5, 0.6) is 0 Å². The fraction of sp³-hybridized carbons (Fsp3) is 0.143. The van der Waals surface area contributed by atoms with Gasteiger partial charge in [0.15, 0.2) is 0 Å². The van der Waals surface area contributed by atoms with Gasteiger partial charge in [0, 0.05) is 0 Å². The molecule has 0 saturated carbocycles. The summed E-state index contributed by atoms with van der Waals surface area (Å²) < 4.78 is 12.8. The Morgan fingerprint density at radius 2 is 2.20 bits per heavy atom. The fourth-order valence-electron chi connectivity index (χ4n) is 0.771. The summed E-state index contributed by atoms with van der Waals surface area (Å²) in [5.74, 6) is -0.182. The van der Waals surface area contributed by atoms with E-state index in [-0.39, 0.29) is 5.82 Å². The SMILES string of the molecule is Fc1cccc(Cl)c1[CH2][Zn]. The van der Waals surface area contributed by atoms with E-state index >= 15 is 0 Å². The average molecular weight is 209 g/mol. The molecule has 0 amide bonds. The monoisotopic (exact) mass is 207 g/mol. The molecule has 0 N–H and O–H groups in total. The molecule has 0 nitrogen and oxygen atoms in total. The summed E-state index contributed by atoms with van der Waals surface area (Å²) in [4.78, 5) is 0. The standard InChI is InChI=1S/C7H5ClF.Zn/c1-5-6(8)3-2-4-7(5)9;/h2-4H,1H2;. The molecular formula is C7H5ClFZn. The molecule has 0 saturated heterocycles. The molecule has 49 valence electrons. The summed E-state index contributed by atoms with van der Waals surface area (Å²) in [6, 6.07) is 4.78. The van der Waals surface area contributed by atoms with Crippen LogP contribution in [0.25, 0.3) is 0 Å². The van der Waals surface area contributed by atoms with Crippen LogP contribution in [-0.4, -0.2) is 0 Å². The van der Waals surface area contributed by atoms with Gasteiger partial charge in [0.25, 0.3) is 0 Å². The number of benzene rings is 1. The molecule has 1 aromatic rings. The Labute approximate surface area is 74.1 Å². The second-order valence-corrected chi connectivity index (χ2v) is 3.41. The van der Waals surface area contributed by atoms with Crippen LogP contribution in [-0.2, 0) is 23.3 Å². The Morgan fingerprint density at radius 3 is 2.60 bits per heavy atom. The molecule has 0 spiro atoms. The van der Waals surface area contributed by atoms with E-state index < -0.39 is 0 Å². The van der Waals surface area contributed by atoms with Crippen molar-refractivity contribution in [2.24, 2.45) is 0 Å². The molecule has 10 heavy (non-hydrogen) atoms. The number of hydrogen-bond donors (Lipinski definition) is 0. The van der Waals surface area contributed by atoms with Crippen LogP contribution in [0.15, 0.2) is 18.2 Å². The van der Waals surface area contributed by atoms with Gasteiger partial charge in [-0.2, -0.15) is 0 Å². The zero-order chi connectivity index (χ0) is 7.56. The van der Waals surface area contributed by atoms with Crippen LogP contribution >= 0.6 is 11.6 Å². The van der Waals surface area contributed by atoms with Gasteiger partial charge in [0.05, 0.1) is 0 Å². The number of halogens is 2. The molecule has 0 atom stereocenters. The third-order valence-corrected chi connectivity index (χ3v) is 2.71. The van der Waals surface area contributed by atoms with E-state index in [1.165, 1.54) is 6.07 Å². The van der Waals surface area contributed by atoms with E-state index in [1.807, 2.05) is 0 Å². The van der Waals surface area contributed by atoms with E-state index in [9.17, 15) is 4.39 Å². The van der Waals surface area contributed by atoms with Crippen LogP contribution in [0.4, 0.5) is 4.39 Å². The predicted molar refractivity (Wildman–Crippen MR) is 35.1 cm³/mol. The third kappa shape index (κ3) is 1.56. The summed E-state index contributed by atoms with van der Waals surface area (Å²) in [6.45, 7) is 0. The minimum atomic E-state index is -0.182. The first-order chi connectivity index (χ1) is 4.75. The Hall–Kier alpha value is 0.0634. The number of rotatable bonds is 1. The van der Waals surface area contributed by atoms with Crippen molar-refractivity contribution >= 4 is 11.6 Å². The average Bonchev–Trinajstić information content (AvgIpc) is 1.88. The first kappa shape index (κ1) is 8.16. The van der Waals surface area contributed by atoms with Crippen molar-refractivity contribution in [3.63, 3.8) is 0 Å². The molecule has 1 rings (SSSR count). The summed E-state index contributed by atoms with van der Waals surface area (Å²) >= 11 is 6.75. The molecule has 0 aromatic heterocycles. The normalized spacial score (nSPS) is 10.0. The van der Waals surface area contributed by atoms with Crippen molar-refractivity contribution in [3.8, 4) is 0 Å². The van der Waals surface area contributed by atoms with Crippen molar-refractivity contribution in [2.45, 2.75) is 5.02 Å². The van der Waals surface area contributed by atoms with Crippen molar-refractivity contribution in [1.82, 2.24) is 0 Å².